The number of alkyl halides is 1. The quantitative estimate of drug-likeness (QED) is 0.361. The smallest absolute Gasteiger partial charge is 0.319 e. The molecule has 1 aliphatic heterocycles. The summed E-state index contributed by atoms with van der Waals surface area (Å²) in [5, 5.41) is 13.5. The van der Waals surface area contributed by atoms with Crippen LogP contribution in [-0.4, -0.2) is 35.0 Å². The fourth-order valence-electron chi connectivity index (χ4n) is 2.57. The highest BCUT2D eigenvalue weighted by atomic mass is 19.1. The van der Waals surface area contributed by atoms with Crippen LogP contribution in [-0.2, 0) is 10.3 Å². The number of hydrogen-bond donors (Lipinski definition) is 1. The number of nitro benzene ring substituents is 1. The molecule has 1 N–H and O–H groups in total. The molecular weight excluding hydrogens is 305 g/mol. The summed E-state index contributed by atoms with van der Waals surface area (Å²) >= 11 is 0. The maximum Gasteiger partial charge on any atom is 0.325 e. The lowest BCUT2D eigenvalue weighted by molar-refractivity contribution is -0.385. The molecule has 1 atom stereocenters. The Labute approximate surface area is 132 Å². The third-order valence-electron chi connectivity index (χ3n) is 3.92. The molecule has 3 amide bonds. The van der Waals surface area contributed by atoms with Gasteiger partial charge in [0.1, 0.15) is 5.54 Å². The number of nitro groups is 1. The van der Waals surface area contributed by atoms with Gasteiger partial charge in [0, 0.05) is 18.7 Å². The molecule has 1 unspecified atom stereocenters. The number of nitrogens with one attached hydrogen (secondary N) is 1. The molecule has 8 heteroatoms. The van der Waals surface area contributed by atoms with Crippen LogP contribution in [0.4, 0.5) is 14.9 Å². The van der Waals surface area contributed by atoms with Gasteiger partial charge in [-0.25, -0.2) is 4.79 Å². The van der Waals surface area contributed by atoms with Gasteiger partial charge in [-0.3, -0.25) is 24.2 Å². The predicted octanol–water partition coefficient (Wildman–Crippen LogP) is 2.50. The van der Waals surface area contributed by atoms with Crippen molar-refractivity contribution in [3.05, 3.63) is 39.9 Å². The minimum absolute atomic E-state index is 0.146. The number of imide groups is 1. The average Bonchev–Trinajstić information content (AvgIpc) is 2.75. The molecule has 1 aromatic rings. The molecule has 0 saturated carbocycles. The standard InChI is InChI=1S/C15H18FN3O4/c1-15(11-6-5-7-12(10-11)19(22)23)13(20)18(14(21)17-15)9-4-2-3-8-16/h5-7,10H,2-4,8-9H2,1H3,(H,17,21). The van der Waals surface area contributed by atoms with Crippen LogP contribution in [0.2, 0.25) is 0 Å². The van der Waals surface area contributed by atoms with E-state index >= 15 is 0 Å². The van der Waals surface area contributed by atoms with Crippen LogP contribution in [0.25, 0.3) is 0 Å². The number of halogens is 1. The SMILES string of the molecule is CC1(c2cccc([N+](=O)[O-])c2)NC(=O)N(CCCCCF)C1=O. The summed E-state index contributed by atoms with van der Waals surface area (Å²) in [4.78, 5) is 36.0. The fourth-order valence-corrected chi connectivity index (χ4v) is 2.57. The number of urea groups is 1. The van der Waals surface area contributed by atoms with Crippen LogP contribution >= 0.6 is 0 Å². The van der Waals surface area contributed by atoms with Crippen LogP contribution in [0.15, 0.2) is 24.3 Å². The summed E-state index contributed by atoms with van der Waals surface area (Å²) in [5.41, 5.74) is -1.12. The van der Waals surface area contributed by atoms with Gasteiger partial charge in [-0.15, -0.1) is 0 Å². The summed E-state index contributed by atoms with van der Waals surface area (Å²) in [6.45, 7) is 1.30. The van der Waals surface area contributed by atoms with Crippen molar-refractivity contribution in [3.8, 4) is 0 Å². The molecule has 0 spiro atoms. The molecule has 0 aromatic heterocycles. The van der Waals surface area contributed by atoms with E-state index in [0.717, 1.165) is 4.90 Å². The van der Waals surface area contributed by atoms with Gasteiger partial charge in [0.2, 0.25) is 0 Å². The van der Waals surface area contributed by atoms with Crippen molar-refractivity contribution in [1.82, 2.24) is 10.2 Å². The molecule has 1 aromatic carbocycles. The van der Waals surface area contributed by atoms with Gasteiger partial charge in [0.15, 0.2) is 0 Å². The summed E-state index contributed by atoms with van der Waals surface area (Å²) in [7, 11) is 0. The molecule has 0 aliphatic carbocycles. The zero-order valence-electron chi connectivity index (χ0n) is 12.8. The zero-order chi connectivity index (χ0) is 17.0. The second-order valence-electron chi connectivity index (χ2n) is 5.57. The van der Waals surface area contributed by atoms with E-state index in [-0.39, 0.29) is 12.2 Å². The van der Waals surface area contributed by atoms with Crippen molar-refractivity contribution < 1.29 is 18.9 Å². The monoisotopic (exact) mass is 323 g/mol. The Hall–Kier alpha value is -2.51. The number of unbranched alkanes of at least 4 members (excludes halogenated alkanes) is 2. The van der Waals surface area contributed by atoms with E-state index in [1.807, 2.05) is 0 Å². The largest absolute Gasteiger partial charge is 0.325 e. The Bertz CT molecular complexity index is 637. The Morgan fingerprint density at radius 2 is 2.04 bits per heavy atom. The summed E-state index contributed by atoms with van der Waals surface area (Å²) < 4.78 is 12.1. The number of rotatable bonds is 7. The molecule has 1 heterocycles. The van der Waals surface area contributed by atoms with Crippen LogP contribution in [0, 0.1) is 10.1 Å². The third-order valence-corrected chi connectivity index (χ3v) is 3.92. The van der Waals surface area contributed by atoms with Crippen molar-refractivity contribution in [2.75, 3.05) is 13.2 Å². The number of amides is 3. The molecule has 2 rings (SSSR count). The van der Waals surface area contributed by atoms with E-state index in [9.17, 15) is 24.1 Å². The molecule has 1 fully saturated rings. The van der Waals surface area contributed by atoms with E-state index in [2.05, 4.69) is 5.32 Å². The van der Waals surface area contributed by atoms with E-state index in [4.69, 9.17) is 0 Å². The number of nitrogens with zero attached hydrogens (tertiary/aromatic N) is 2. The number of non-ortho nitro benzene ring substituents is 1. The Morgan fingerprint density at radius 3 is 2.70 bits per heavy atom. The van der Waals surface area contributed by atoms with Crippen molar-refractivity contribution in [2.45, 2.75) is 31.7 Å². The van der Waals surface area contributed by atoms with E-state index < -0.39 is 29.1 Å². The molecule has 1 saturated heterocycles. The fraction of sp³-hybridized carbons (Fsp3) is 0.467. The van der Waals surface area contributed by atoms with E-state index in [1.54, 1.807) is 6.07 Å². The maximum atomic E-state index is 12.6. The second-order valence-corrected chi connectivity index (χ2v) is 5.57. The highest BCUT2D eigenvalue weighted by molar-refractivity contribution is 6.07. The van der Waals surface area contributed by atoms with Crippen molar-refractivity contribution in [1.29, 1.82) is 0 Å². The van der Waals surface area contributed by atoms with Crippen molar-refractivity contribution in [3.63, 3.8) is 0 Å². The van der Waals surface area contributed by atoms with Gasteiger partial charge in [-0.05, 0) is 31.7 Å². The molecule has 0 bridgehead atoms. The lowest BCUT2D eigenvalue weighted by Gasteiger charge is -2.22. The summed E-state index contributed by atoms with van der Waals surface area (Å²) in [6, 6.07) is 5.11. The Kier molecular flexibility index (Phi) is 4.92. The highest BCUT2D eigenvalue weighted by Crippen LogP contribution is 2.31. The van der Waals surface area contributed by atoms with Crippen molar-refractivity contribution in [2.24, 2.45) is 0 Å². The van der Waals surface area contributed by atoms with Crippen LogP contribution < -0.4 is 5.32 Å². The average molecular weight is 323 g/mol. The topological polar surface area (TPSA) is 92.6 Å². The second kappa shape index (κ2) is 6.72. The predicted molar refractivity (Wildman–Crippen MR) is 80.5 cm³/mol. The lowest BCUT2D eigenvalue weighted by Crippen LogP contribution is -2.41. The van der Waals surface area contributed by atoms with E-state index in [0.29, 0.717) is 24.8 Å². The minimum Gasteiger partial charge on any atom is -0.319 e. The highest BCUT2D eigenvalue weighted by Gasteiger charge is 2.48. The zero-order valence-corrected chi connectivity index (χ0v) is 12.8. The van der Waals surface area contributed by atoms with Gasteiger partial charge >= 0.3 is 6.03 Å². The number of hydrogen-bond acceptors (Lipinski definition) is 4. The number of carbonyl (C=O) groups is 2. The first-order chi connectivity index (χ1) is 10.9. The minimum atomic E-state index is -1.33. The summed E-state index contributed by atoms with van der Waals surface area (Å²) in [5.74, 6) is -0.455. The van der Waals surface area contributed by atoms with Crippen molar-refractivity contribution >= 4 is 17.6 Å². The van der Waals surface area contributed by atoms with Gasteiger partial charge in [-0.1, -0.05) is 12.1 Å². The number of carbonyl (C=O) groups excluding carboxylic acids is 2. The van der Waals surface area contributed by atoms with E-state index in [1.165, 1.54) is 25.1 Å². The van der Waals surface area contributed by atoms with Gasteiger partial charge in [-0.2, -0.15) is 0 Å². The van der Waals surface area contributed by atoms with Gasteiger partial charge in [0.25, 0.3) is 11.6 Å². The van der Waals surface area contributed by atoms with Gasteiger partial charge in [0.05, 0.1) is 11.6 Å². The first-order valence-electron chi connectivity index (χ1n) is 7.35. The molecule has 1 aliphatic rings. The third kappa shape index (κ3) is 3.30. The first kappa shape index (κ1) is 16.9. The first-order valence-corrected chi connectivity index (χ1v) is 7.35. The maximum absolute atomic E-state index is 12.6. The van der Waals surface area contributed by atoms with Crippen LogP contribution in [0.5, 0.6) is 0 Å². The molecule has 23 heavy (non-hydrogen) atoms. The molecule has 7 nitrogen and oxygen atoms in total. The molecule has 0 radical (unpaired) electrons. The number of benzene rings is 1. The molecular formula is C15H18FN3O4. The Morgan fingerprint density at radius 1 is 1.30 bits per heavy atom. The van der Waals surface area contributed by atoms with Crippen LogP contribution in [0.1, 0.15) is 31.7 Å². The Balaban J connectivity index is 2.19. The molecule has 124 valence electrons. The lowest BCUT2D eigenvalue weighted by atomic mass is 9.91. The van der Waals surface area contributed by atoms with Crippen LogP contribution in [0.3, 0.4) is 0 Å². The normalized spacial score (nSPS) is 20.7. The summed E-state index contributed by atoms with van der Waals surface area (Å²) in [6.07, 6.45) is 1.50. The van der Waals surface area contributed by atoms with Gasteiger partial charge < -0.3 is 5.32 Å².